The summed E-state index contributed by atoms with van der Waals surface area (Å²) in [6.07, 6.45) is 1.39. The van der Waals surface area contributed by atoms with Crippen LogP contribution >= 0.6 is 12.4 Å². The van der Waals surface area contributed by atoms with Crippen LogP contribution in [-0.2, 0) is 4.79 Å². The quantitative estimate of drug-likeness (QED) is 0.763. The fourth-order valence-corrected chi connectivity index (χ4v) is 1.25. The van der Waals surface area contributed by atoms with Crippen LogP contribution in [0.5, 0.6) is 0 Å². The zero-order valence-corrected chi connectivity index (χ0v) is 12.0. The molecule has 7 heteroatoms. The normalized spacial score (nSPS) is 10.3. The molecule has 0 saturated carbocycles. The van der Waals surface area contributed by atoms with E-state index in [-0.39, 0.29) is 36.1 Å². The second-order valence-corrected chi connectivity index (χ2v) is 4.96. The number of carbonyl (C=O) groups excluding carboxylic acids is 2. The van der Waals surface area contributed by atoms with Crippen LogP contribution in [-0.4, -0.2) is 28.9 Å². The van der Waals surface area contributed by atoms with E-state index in [1.165, 1.54) is 12.3 Å². The van der Waals surface area contributed by atoms with Gasteiger partial charge in [0, 0.05) is 5.54 Å². The fraction of sp³-hybridized carbons (Fsp3) is 0.417. The van der Waals surface area contributed by atoms with Crippen molar-refractivity contribution in [2.24, 2.45) is 0 Å². The monoisotopic (exact) mass is 286 g/mol. The Hall–Kier alpha value is -1.82. The first kappa shape index (κ1) is 17.2. The molecular formula is C12H19ClN4O2. The van der Waals surface area contributed by atoms with Gasteiger partial charge in [-0.2, -0.15) is 0 Å². The lowest BCUT2D eigenvalue weighted by Gasteiger charge is -2.20. The summed E-state index contributed by atoms with van der Waals surface area (Å²) in [6, 6.07) is 3.09. The first-order valence-corrected chi connectivity index (χ1v) is 5.59. The van der Waals surface area contributed by atoms with Gasteiger partial charge in [-0.3, -0.25) is 9.59 Å². The lowest BCUT2D eigenvalue weighted by molar-refractivity contribution is -0.121. The van der Waals surface area contributed by atoms with Gasteiger partial charge < -0.3 is 16.4 Å². The van der Waals surface area contributed by atoms with E-state index in [4.69, 9.17) is 5.73 Å². The number of pyridine rings is 1. The third-order valence-corrected chi connectivity index (χ3v) is 1.94. The molecule has 1 rings (SSSR count). The molecule has 2 amide bonds. The Morgan fingerprint density at radius 1 is 1.32 bits per heavy atom. The Bertz CT molecular complexity index is 440. The highest BCUT2D eigenvalue weighted by molar-refractivity contribution is 5.95. The van der Waals surface area contributed by atoms with E-state index in [0.717, 1.165) is 0 Å². The lowest BCUT2D eigenvalue weighted by Crippen LogP contribution is -2.45. The van der Waals surface area contributed by atoms with Gasteiger partial charge in [-0.1, -0.05) is 0 Å². The molecule has 0 atom stereocenters. The minimum Gasteiger partial charge on any atom is -0.397 e. The van der Waals surface area contributed by atoms with E-state index in [1.54, 1.807) is 6.07 Å². The molecule has 1 heterocycles. The standard InChI is InChI=1S/C12H18N4O2.ClH/c1-12(2,3)16-10(17)7-15-11(18)9-5-4-8(13)6-14-9;/h4-6H,7,13H2,1-3H3,(H,15,18)(H,16,17);1H. The Morgan fingerprint density at radius 3 is 2.42 bits per heavy atom. The molecule has 0 aliphatic carbocycles. The van der Waals surface area contributed by atoms with Crippen LogP contribution in [0.2, 0.25) is 0 Å². The maximum atomic E-state index is 11.6. The summed E-state index contributed by atoms with van der Waals surface area (Å²) in [7, 11) is 0. The summed E-state index contributed by atoms with van der Waals surface area (Å²) in [5.74, 6) is -0.648. The molecule has 0 radical (unpaired) electrons. The molecular weight excluding hydrogens is 268 g/mol. The number of carbonyl (C=O) groups is 2. The minimum atomic E-state index is -0.404. The number of rotatable bonds is 3. The summed E-state index contributed by atoms with van der Waals surface area (Å²) in [5, 5.41) is 5.23. The van der Waals surface area contributed by atoms with Crippen LogP contribution in [0.1, 0.15) is 31.3 Å². The number of hydrogen-bond donors (Lipinski definition) is 3. The van der Waals surface area contributed by atoms with E-state index >= 15 is 0 Å². The Labute approximate surface area is 118 Å². The van der Waals surface area contributed by atoms with Gasteiger partial charge in [-0.05, 0) is 32.9 Å². The number of amides is 2. The molecule has 19 heavy (non-hydrogen) atoms. The van der Waals surface area contributed by atoms with Crippen LogP contribution in [0.15, 0.2) is 18.3 Å². The van der Waals surface area contributed by atoms with Gasteiger partial charge in [-0.15, -0.1) is 12.4 Å². The number of halogens is 1. The first-order chi connectivity index (χ1) is 8.28. The molecule has 1 aromatic rings. The Morgan fingerprint density at radius 2 is 1.95 bits per heavy atom. The summed E-state index contributed by atoms with van der Waals surface area (Å²) in [6.45, 7) is 5.53. The van der Waals surface area contributed by atoms with Crippen molar-refractivity contribution >= 4 is 29.9 Å². The van der Waals surface area contributed by atoms with Crippen LogP contribution < -0.4 is 16.4 Å². The molecule has 0 aliphatic heterocycles. The van der Waals surface area contributed by atoms with Gasteiger partial charge in [0.05, 0.1) is 18.4 Å². The lowest BCUT2D eigenvalue weighted by atomic mass is 10.1. The van der Waals surface area contributed by atoms with E-state index in [2.05, 4.69) is 15.6 Å². The molecule has 0 saturated heterocycles. The third kappa shape index (κ3) is 6.61. The molecule has 0 unspecified atom stereocenters. The maximum absolute atomic E-state index is 11.6. The Kier molecular flexibility index (Phi) is 6.27. The number of nitrogens with zero attached hydrogens (tertiary/aromatic N) is 1. The number of anilines is 1. The number of aromatic nitrogens is 1. The van der Waals surface area contributed by atoms with Gasteiger partial charge in [0.2, 0.25) is 5.91 Å². The van der Waals surface area contributed by atoms with E-state index < -0.39 is 5.91 Å². The van der Waals surface area contributed by atoms with E-state index in [0.29, 0.717) is 5.69 Å². The third-order valence-electron chi connectivity index (χ3n) is 1.94. The molecule has 4 N–H and O–H groups in total. The number of nitrogens with one attached hydrogen (secondary N) is 2. The van der Waals surface area contributed by atoms with Gasteiger partial charge in [-0.25, -0.2) is 4.98 Å². The van der Waals surface area contributed by atoms with E-state index in [9.17, 15) is 9.59 Å². The van der Waals surface area contributed by atoms with Crippen molar-refractivity contribution in [1.82, 2.24) is 15.6 Å². The molecule has 106 valence electrons. The summed E-state index contributed by atoms with van der Waals surface area (Å²) >= 11 is 0. The van der Waals surface area contributed by atoms with Gasteiger partial charge >= 0.3 is 0 Å². The predicted molar refractivity (Wildman–Crippen MR) is 76.1 cm³/mol. The van der Waals surface area contributed by atoms with Crippen molar-refractivity contribution < 1.29 is 9.59 Å². The van der Waals surface area contributed by atoms with Crippen molar-refractivity contribution in [1.29, 1.82) is 0 Å². The highest BCUT2D eigenvalue weighted by Crippen LogP contribution is 2.01. The second-order valence-electron chi connectivity index (χ2n) is 4.96. The first-order valence-electron chi connectivity index (χ1n) is 5.59. The number of nitrogen functional groups attached to an aromatic ring is 1. The summed E-state index contributed by atoms with van der Waals surface area (Å²) < 4.78 is 0. The van der Waals surface area contributed by atoms with Gasteiger partial charge in [0.15, 0.2) is 0 Å². The molecule has 0 aliphatic rings. The van der Waals surface area contributed by atoms with Gasteiger partial charge in [0.25, 0.3) is 5.91 Å². The molecule has 1 aromatic heterocycles. The molecule has 0 spiro atoms. The second kappa shape index (κ2) is 6.94. The number of nitrogens with two attached hydrogens (primary N) is 1. The smallest absolute Gasteiger partial charge is 0.270 e. The number of hydrogen-bond acceptors (Lipinski definition) is 4. The summed E-state index contributed by atoms with van der Waals surface area (Å²) in [4.78, 5) is 27.0. The Balaban J connectivity index is 0.00000324. The zero-order valence-electron chi connectivity index (χ0n) is 11.2. The van der Waals surface area contributed by atoms with E-state index in [1.807, 2.05) is 20.8 Å². The van der Waals surface area contributed by atoms with Crippen molar-refractivity contribution in [2.75, 3.05) is 12.3 Å². The SMILES string of the molecule is CC(C)(C)NC(=O)CNC(=O)c1ccc(N)cn1.Cl. The topological polar surface area (TPSA) is 97.1 Å². The van der Waals surface area contributed by atoms with Crippen LogP contribution in [0.3, 0.4) is 0 Å². The summed E-state index contributed by atoms with van der Waals surface area (Å²) in [5.41, 5.74) is 5.85. The highest BCUT2D eigenvalue weighted by atomic mass is 35.5. The minimum absolute atomic E-state index is 0. The van der Waals surface area contributed by atoms with Crippen molar-refractivity contribution in [3.8, 4) is 0 Å². The molecule has 6 nitrogen and oxygen atoms in total. The molecule has 0 bridgehead atoms. The predicted octanol–water partition coefficient (Wildman–Crippen LogP) is 0.730. The largest absolute Gasteiger partial charge is 0.397 e. The van der Waals surface area contributed by atoms with Gasteiger partial charge in [0.1, 0.15) is 5.69 Å². The van der Waals surface area contributed by atoms with Crippen molar-refractivity contribution in [3.63, 3.8) is 0 Å². The maximum Gasteiger partial charge on any atom is 0.270 e. The fourth-order valence-electron chi connectivity index (χ4n) is 1.25. The van der Waals surface area contributed by atoms with Crippen molar-refractivity contribution in [2.45, 2.75) is 26.3 Å². The highest BCUT2D eigenvalue weighted by Gasteiger charge is 2.14. The average Bonchev–Trinajstić information content (AvgIpc) is 2.24. The van der Waals surface area contributed by atoms with Crippen LogP contribution in [0, 0.1) is 0 Å². The molecule has 0 aromatic carbocycles. The average molecular weight is 287 g/mol. The zero-order chi connectivity index (χ0) is 13.8. The van der Waals surface area contributed by atoms with Crippen LogP contribution in [0.25, 0.3) is 0 Å². The van der Waals surface area contributed by atoms with Crippen LogP contribution in [0.4, 0.5) is 5.69 Å². The molecule has 0 fully saturated rings. The van der Waals surface area contributed by atoms with Crippen molar-refractivity contribution in [3.05, 3.63) is 24.0 Å².